The topological polar surface area (TPSA) is 140 Å². The van der Waals surface area contributed by atoms with Gasteiger partial charge in [0.25, 0.3) is 11.5 Å². The number of thiazole rings is 1. The number of carbonyl (C=O) groups excluding carboxylic acids is 1. The molecule has 0 aliphatic heterocycles. The van der Waals surface area contributed by atoms with Crippen LogP contribution in [0, 0.1) is 11.3 Å². The second kappa shape index (κ2) is 12.5. The summed E-state index contributed by atoms with van der Waals surface area (Å²) in [6.07, 6.45) is 2.11. The van der Waals surface area contributed by atoms with E-state index in [1.807, 2.05) is 6.07 Å². The first-order valence-electron chi connectivity index (χ1n) is 11.0. The monoisotopic (exact) mass is 523 g/mol. The fraction of sp³-hybridized carbons (Fsp3) is 0.231. The Morgan fingerprint density at radius 3 is 2.46 bits per heavy atom. The number of carboxylic acids is 1. The van der Waals surface area contributed by atoms with E-state index in [9.17, 15) is 19.6 Å². The van der Waals surface area contributed by atoms with Gasteiger partial charge in [-0.25, -0.2) is 4.79 Å². The molecule has 192 valence electrons. The molecule has 0 saturated carbocycles. The van der Waals surface area contributed by atoms with E-state index < -0.39 is 11.9 Å². The highest BCUT2D eigenvalue weighted by atomic mass is 32.1. The summed E-state index contributed by atoms with van der Waals surface area (Å²) >= 11 is 1.01. The summed E-state index contributed by atoms with van der Waals surface area (Å²) in [5, 5.41) is 21.5. The van der Waals surface area contributed by atoms with Gasteiger partial charge in [-0.15, -0.1) is 11.3 Å². The summed E-state index contributed by atoms with van der Waals surface area (Å²) in [4.78, 5) is 37.5. The number of ether oxygens (including phenoxy) is 3. The molecule has 0 radical (unpaired) electrons. The molecule has 0 unspecified atom stereocenters. The number of hydrogen-bond acceptors (Lipinski definition) is 8. The minimum absolute atomic E-state index is 0.0564. The zero-order valence-corrected chi connectivity index (χ0v) is 21.3. The number of benzene rings is 2. The quantitative estimate of drug-likeness (QED) is 0.384. The first-order chi connectivity index (χ1) is 17.8. The molecular weight excluding hydrogens is 498 g/mol. The maximum Gasteiger partial charge on any atom is 0.335 e. The van der Waals surface area contributed by atoms with E-state index in [2.05, 4.69) is 5.32 Å². The second-order valence-corrected chi connectivity index (χ2v) is 8.66. The standard InChI is InChI=1S/C26H25N3O7S/c1-34-13-5-12-29-24(31)21(14-17-6-4-7-20(35-2)22(17)36-3)37-25(29)19(15-27)23(30)28-18-10-8-16(9-11-18)26(32)33/h4,6-11,14H,5,12-13H2,1-3H3,(H,28,30)(H,32,33)/b21-14-,25-19+. The average Bonchev–Trinajstić information content (AvgIpc) is 3.19. The van der Waals surface area contributed by atoms with Crippen LogP contribution in [0.2, 0.25) is 0 Å². The lowest BCUT2D eigenvalue weighted by Gasteiger charge is -2.09. The lowest BCUT2D eigenvalue weighted by atomic mass is 10.2. The van der Waals surface area contributed by atoms with Crippen LogP contribution in [0.3, 0.4) is 0 Å². The van der Waals surface area contributed by atoms with Crippen LogP contribution in [0.1, 0.15) is 22.3 Å². The third-order valence-corrected chi connectivity index (χ3v) is 6.43. The van der Waals surface area contributed by atoms with Gasteiger partial charge in [0.15, 0.2) is 17.1 Å². The van der Waals surface area contributed by atoms with Crippen LogP contribution in [-0.4, -0.2) is 49.5 Å². The summed E-state index contributed by atoms with van der Waals surface area (Å²) in [6.45, 7) is 0.613. The normalized spacial score (nSPS) is 12.0. The molecule has 37 heavy (non-hydrogen) atoms. The molecule has 0 saturated heterocycles. The predicted molar refractivity (Wildman–Crippen MR) is 138 cm³/mol. The van der Waals surface area contributed by atoms with Crippen LogP contribution in [0.15, 0.2) is 47.3 Å². The molecule has 0 aliphatic rings. The molecule has 0 bridgehead atoms. The number of amides is 1. The van der Waals surface area contributed by atoms with E-state index in [-0.39, 0.29) is 27.9 Å². The van der Waals surface area contributed by atoms with Crippen molar-refractivity contribution in [2.45, 2.75) is 13.0 Å². The molecular formula is C26H25N3O7S. The van der Waals surface area contributed by atoms with Gasteiger partial charge in [0, 0.05) is 31.5 Å². The van der Waals surface area contributed by atoms with E-state index in [1.54, 1.807) is 31.4 Å². The Labute approximate surface area is 216 Å². The molecule has 0 atom stereocenters. The number of nitriles is 1. The van der Waals surface area contributed by atoms with Gasteiger partial charge < -0.3 is 24.6 Å². The Bertz CT molecular complexity index is 1520. The maximum atomic E-state index is 13.4. The first-order valence-corrected chi connectivity index (χ1v) is 11.9. The number of anilines is 1. The Morgan fingerprint density at radius 2 is 1.86 bits per heavy atom. The van der Waals surface area contributed by atoms with Gasteiger partial charge in [0.1, 0.15) is 10.7 Å². The van der Waals surface area contributed by atoms with Crippen LogP contribution in [0.5, 0.6) is 11.5 Å². The van der Waals surface area contributed by atoms with Crippen molar-refractivity contribution in [1.29, 1.82) is 5.26 Å². The molecule has 1 heterocycles. The Kier molecular flexibility index (Phi) is 9.21. The third kappa shape index (κ3) is 6.24. The predicted octanol–water partition coefficient (Wildman–Crippen LogP) is 1.80. The highest BCUT2D eigenvalue weighted by Gasteiger charge is 2.17. The van der Waals surface area contributed by atoms with Gasteiger partial charge >= 0.3 is 5.97 Å². The number of carbonyl (C=O) groups is 2. The summed E-state index contributed by atoms with van der Waals surface area (Å²) in [6, 6.07) is 12.7. The molecule has 1 aromatic heterocycles. The lowest BCUT2D eigenvalue weighted by Crippen LogP contribution is -2.34. The molecule has 3 rings (SSSR count). The van der Waals surface area contributed by atoms with E-state index in [1.165, 1.54) is 43.1 Å². The fourth-order valence-electron chi connectivity index (χ4n) is 3.53. The minimum Gasteiger partial charge on any atom is -0.493 e. The SMILES string of the molecule is COCCCn1c(=O)/c(=C/c2cccc(OC)c2OC)s/c1=C(\C#N)C(=O)Nc1ccc(C(=O)O)cc1. The molecule has 2 aromatic carbocycles. The van der Waals surface area contributed by atoms with Crippen molar-refractivity contribution in [3.05, 3.63) is 73.1 Å². The molecule has 0 spiro atoms. The molecule has 0 fully saturated rings. The summed E-state index contributed by atoms with van der Waals surface area (Å²) < 4.78 is 17.8. The van der Waals surface area contributed by atoms with Gasteiger partial charge in [-0.1, -0.05) is 12.1 Å². The van der Waals surface area contributed by atoms with Crippen LogP contribution < -0.4 is 29.5 Å². The second-order valence-electron chi connectivity index (χ2n) is 7.63. The number of carboxylic acid groups (broad SMARTS) is 1. The number of para-hydroxylation sites is 1. The summed E-state index contributed by atoms with van der Waals surface area (Å²) in [7, 11) is 4.55. The van der Waals surface area contributed by atoms with Crippen molar-refractivity contribution >= 4 is 40.5 Å². The van der Waals surface area contributed by atoms with Crippen molar-refractivity contribution in [3.63, 3.8) is 0 Å². The molecule has 2 N–H and O–H groups in total. The molecule has 10 nitrogen and oxygen atoms in total. The van der Waals surface area contributed by atoms with Crippen LogP contribution >= 0.6 is 11.3 Å². The van der Waals surface area contributed by atoms with Crippen molar-refractivity contribution in [1.82, 2.24) is 4.57 Å². The Morgan fingerprint density at radius 1 is 1.14 bits per heavy atom. The fourth-order valence-corrected chi connectivity index (χ4v) is 4.64. The van der Waals surface area contributed by atoms with Gasteiger partial charge in [-0.05, 0) is 42.8 Å². The van der Waals surface area contributed by atoms with Crippen molar-refractivity contribution in [3.8, 4) is 17.6 Å². The van der Waals surface area contributed by atoms with Crippen molar-refractivity contribution < 1.29 is 28.9 Å². The van der Waals surface area contributed by atoms with Gasteiger partial charge in [0.05, 0.1) is 24.3 Å². The highest BCUT2D eigenvalue weighted by Crippen LogP contribution is 2.30. The van der Waals surface area contributed by atoms with Crippen LogP contribution in [0.4, 0.5) is 5.69 Å². The Balaban J connectivity index is 2.15. The molecule has 3 aromatic rings. The number of aromatic carboxylic acids is 1. The van der Waals surface area contributed by atoms with E-state index in [0.717, 1.165) is 11.3 Å². The summed E-state index contributed by atoms with van der Waals surface area (Å²) in [5.41, 5.74) is 0.338. The van der Waals surface area contributed by atoms with E-state index >= 15 is 0 Å². The number of nitrogens with one attached hydrogen (secondary N) is 1. The van der Waals surface area contributed by atoms with Crippen molar-refractivity contribution in [2.24, 2.45) is 0 Å². The van der Waals surface area contributed by atoms with E-state index in [4.69, 9.17) is 19.3 Å². The zero-order valence-electron chi connectivity index (χ0n) is 20.4. The maximum absolute atomic E-state index is 13.4. The minimum atomic E-state index is -1.10. The smallest absolute Gasteiger partial charge is 0.335 e. The third-order valence-electron chi connectivity index (χ3n) is 5.30. The van der Waals surface area contributed by atoms with Crippen LogP contribution in [0.25, 0.3) is 11.6 Å². The van der Waals surface area contributed by atoms with Gasteiger partial charge in [-0.3, -0.25) is 14.2 Å². The number of nitrogens with zero attached hydrogens (tertiary/aromatic N) is 2. The Hall–Kier alpha value is -4.40. The first kappa shape index (κ1) is 27.2. The molecule has 11 heteroatoms. The zero-order chi connectivity index (χ0) is 26.9. The number of methoxy groups -OCH3 is 3. The number of aromatic nitrogens is 1. The molecule has 1 amide bonds. The lowest BCUT2D eigenvalue weighted by molar-refractivity contribution is -0.111. The van der Waals surface area contributed by atoms with Crippen molar-refractivity contribution in [2.75, 3.05) is 33.3 Å². The highest BCUT2D eigenvalue weighted by molar-refractivity contribution is 7.07. The summed E-state index contributed by atoms with van der Waals surface area (Å²) in [5.74, 6) is -0.890. The van der Waals surface area contributed by atoms with Gasteiger partial charge in [-0.2, -0.15) is 5.26 Å². The number of rotatable bonds is 10. The average molecular weight is 524 g/mol. The van der Waals surface area contributed by atoms with Gasteiger partial charge in [0.2, 0.25) is 0 Å². The molecule has 0 aliphatic carbocycles. The van der Waals surface area contributed by atoms with E-state index in [0.29, 0.717) is 40.3 Å². The van der Waals surface area contributed by atoms with Crippen LogP contribution in [-0.2, 0) is 16.1 Å². The largest absolute Gasteiger partial charge is 0.493 e. The number of hydrogen-bond donors (Lipinski definition) is 2.